The summed E-state index contributed by atoms with van der Waals surface area (Å²) in [5.41, 5.74) is 1.63. The van der Waals surface area contributed by atoms with Crippen LogP contribution in [-0.4, -0.2) is 35.6 Å². The van der Waals surface area contributed by atoms with Crippen molar-refractivity contribution in [3.63, 3.8) is 0 Å². The minimum absolute atomic E-state index is 0.0507. The van der Waals surface area contributed by atoms with Gasteiger partial charge in [0.2, 0.25) is 11.8 Å². The lowest BCUT2D eigenvalue weighted by atomic mass is 9.47. The number of carbonyl (C=O) groups excluding carboxylic acids is 4. The molecule has 0 aromatic heterocycles. The van der Waals surface area contributed by atoms with Crippen molar-refractivity contribution in [1.82, 2.24) is 0 Å². The van der Waals surface area contributed by atoms with Crippen LogP contribution in [0.1, 0.15) is 43.7 Å². The maximum Gasteiger partial charge on any atom is 0.238 e. The molecule has 0 unspecified atom stereocenters. The number of amides is 2. The number of anilines is 1. The van der Waals surface area contributed by atoms with Crippen LogP contribution in [0.25, 0.3) is 0 Å². The van der Waals surface area contributed by atoms with Crippen LogP contribution >= 0.6 is 11.6 Å². The number of hydrogen-bond donors (Lipinski definition) is 1. The first kappa shape index (κ1) is 26.5. The number of phenolic OH excluding ortho intramolecular Hbond substituents is 1. The van der Waals surface area contributed by atoms with Crippen LogP contribution < -0.4 is 9.64 Å². The van der Waals surface area contributed by atoms with E-state index >= 15 is 0 Å². The molecule has 2 aromatic carbocycles. The molecule has 8 heteroatoms. The number of fused-ring (bicyclic) bond motifs is 4. The molecular formula is C32H30ClNO6. The van der Waals surface area contributed by atoms with E-state index < -0.39 is 35.0 Å². The lowest BCUT2D eigenvalue weighted by Crippen LogP contribution is -2.54. The Morgan fingerprint density at radius 1 is 1.05 bits per heavy atom. The Balaban J connectivity index is 1.53. The van der Waals surface area contributed by atoms with Crippen molar-refractivity contribution in [1.29, 1.82) is 0 Å². The highest BCUT2D eigenvalue weighted by Gasteiger charge is 2.64. The third kappa shape index (κ3) is 3.49. The van der Waals surface area contributed by atoms with Crippen LogP contribution in [-0.2, 0) is 19.2 Å². The third-order valence-corrected chi connectivity index (χ3v) is 10.0. The molecule has 1 saturated carbocycles. The van der Waals surface area contributed by atoms with Gasteiger partial charge >= 0.3 is 0 Å². The zero-order valence-corrected chi connectivity index (χ0v) is 23.5. The molecular weight excluding hydrogens is 530 g/mol. The molecule has 2 aromatic rings. The van der Waals surface area contributed by atoms with E-state index in [1.54, 1.807) is 44.2 Å². The van der Waals surface area contributed by atoms with Gasteiger partial charge in [-0.05, 0) is 74.1 Å². The summed E-state index contributed by atoms with van der Waals surface area (Å²) in [5.74, 6) is -3.86. The highest BCUT2D eigenvalue weighted by Crippen LogP contribution is 2.64. The summed E-state index contributed by atoms with van der Waals surface area (Å²) >= 11 is 6.34. The van der Waals surface area contributed by atoms with Crippen LogP contribution in [0.2, 0.25) is 5.02 Å². The van der Waals surface area contributed by atoms with Crippen molar-refractivity contribution in [3.8, 4) is 11.5 Å². The number of phenols is 1. The van der Waals surface area contributed by atoms with E-state index in [9.17, 15) is 24.3 Å². The molecule has 206 valence electrons. The van der Waals surface area contributed by atoms with Gasteiger partial charge in [0.25, 0.3) is 0 Å². The van der Waals surface area contributed by atoms with E-state index in [0.29, 0.717) is 34.0 Å². The number of hydrogen-bond acceptors (Lipinski definition) is 6. The second kappa shape index (κ2) is 9.16. The largest absolute Gasteiger partial charge is 0.508 e. The molecule has 6 atom stereocenters. The highest BCUT2D eigenvalue weighted by atomic mass is 35.5. The molecule has 6 rings (SSSR count). The van der Waals surface area contributed by atoms with E-state index in [1.165, 1.54) is 24.2 Å². The summed E-state index contributed by atoms with van der Waals surface area (Å²) in [7, 11) is 1.49. The minimum Gasteiger partial charge on any atom is -0.508 e. The van der Waals surface area contributed by atoms with Crippen molar-refractivity contribution in [2.45, 2.75) is 39.5 Å². The monoisotopic (exact) mass is 559 g/mol. The topological polar surface area (TPSA) is 101 Å². The van der Waals surface area contributed by atoms with Crippen LogP contribution in [0.5, 0.6) is 11.5 Å². The standard InChI is InChI=1S/C32H30ClNO6/c1-15-8-9-17(13-22(15)33)34-30(38)19-11-10-18-20(26(19)31(34)39)14-21-24(36)12-16(2)29(37)32(21,3)28(18)27-23(35)6-5-7-25(27)40-4/h5-10,12-13,19-21,26,28,35H,11,14H2,1-4H3/t19-,20+,21-,26-,28+,32+/m0/s1. The van der Waals surface area contributed by atoms with E-state index in [-0.39, 0.29) is 35.6 Å². The summed E-state index contributed by atoms with van der Waals surface area (Å²) in [6.45, 7) is 5.28. The van der Waals surface area contributed by atoms with E-state index in [2.05, 4.69) is 0 Å². The molecule has 1 N–H and O–H groups in total. The normalized spacial score (nSPS) is 31.3. The van der Waals surface area contributed by atoms with Crippen LogP contribution in [0.15, 0.2) is 59.7 Å². The fourth-order valence-electron chi connectivity index (χ4n) is 7.68. The van der Waals surface area contributed by atoms with Gasteiger partial charge in [-0.3, -0.25) is 19.2 Å². The van der Waals surface area contributed by atoms with E-state index in [1.807, 2.05) is 13.0 Å². The van der Waals surface area contributed by atoms with Gasteiger partial charge in [0.15, 0.2) is 11.6 Å². The van der Waals surface area contributed by atoms with Gasteiger partial charge in [0.1, 0.15) is 11.5 Å². The maximum absolute atomic E-state index is 14.1. The van der Waals surface area contributed by atoms with Gasteiger partial charge in [-0.15, -0.1) is 0 Å². The first-order valence-corrected chi connectivity index (χ1v) is 13.8. The minimum atomic E-state index is -1.20. The number of nitrogens with zero attached hydrogens (tertiary/aromatic N) is 1. The number of methoxy groups -OCH3 is 1. The number of rotatable bonds is 3. The first-order chi connectivity index (χ1) is 19.0. The van der Waals surface area contributed by atoms with Crippen LogP contribution in [0.3, 0.4) is 0 Å². The third-order valence-electron chi connectivity index (χ3n) is 9.61. The molecule has 2 fully saturated rings. The summed E-state index contributed by atoms with van der Waals surface area (Å²) < 4.78 is 5.65. The van der Waals surface area contributed by atoms with Crippen molar-refractivity contribution in [2.75, 3.05) is 12.0 Å². The Labute approximate surface area is 237 Å². The van der Waals surface area contributed by atoms with Crippen molar-refractivity contribution < 1.29 is 29.0 Å². The number of ketones is 2. The molecule has 1 saturated heterocycles. The lowest BCUT2D eigenvalue weighted by Gasteiger charge is -2.53. The number of benzene rings is 2. The zero-order valence-electron chi connectivity index (χ0n) is 22.7. The second-order valence-corrected chi connectivity index (χ2v) is 12.0. The van der Waals surface area contributed by atoms with E-state index in [4.69, 9.17) is 16.3 Å². The predicted molar refractivity (Wildman–Crippen MR) is 149 cm³/mol. The molecule has 7 nitrogen and oxygen atoms in total. The first-order valence-electron chi connectivity index (χ1n) is 13.5. The zero-order chi connectivity index (χ0) is 28.7. The quantitative estimate of drug-likeness (QED) is 0.403. The Morgan fingerprint density at radius 2 is 1.80 bits per heavy atom. The number of aromatic hydroxyl groups is 1. The van der Waals surface area contributed by atoms with Gasteiger partial charge < -0.3 is 9.84 Å². The highest BCUT2D eigenvalue weighted by molar-refractivity contribution is 6.32. The Kier molecular flexibility index (Phi) is 6.07. The van der Waals surface area contributed by atoms with Crippen molar-refractivity contribution >= 4 is 40.7 Å². The average Bonchev–Trinajstić information content (AvgIpc) is 3.18. The molecule has 3 aliphatic carbocycles. The summed E-state index contributed by atoms with van der Waals surface area (Å²) in [6, 6.07) is 10.0. The predicted octanol–water partition coefficient (Wildman–Crippen LogP) is 5.32. The van der Waals surface area contributed by atoms with Crippen LogP contribution in [0, 0.1) is 36.0 Å². The SMILES string of the molecule is COc1cccc(O)c1[C@H]1C2=CC[C@@H]3C(=O)N(c4ccc(C)c(Cl)c4)C(=O)[C@@H]3[C@@H]2C[C@H]2C(=O)C=C(C)C(=O)[C@@]12C. The van der Waals surface area contributed by atoms with Gasteiger partial charge in [-0.1, -0.05) is 42.3 Å². The molecule has 1 heterocycles. The lowest BCUT2D eigenvalue weighted by molar-refractivity contribution is -0.141. The van der Waals surface area contributed by atoms with E-state index in [0.717, 1.165) is 11.1 Å². The molecule has 2 amide bonds. The Hall–Kier alpha value is -3.71. The van der Waals surface area contributed by atoms with Crippen molar-refractivity contribution in [2.24, 2.45) is 29.1 Å². The summed E-state index contributed by atoms with van der Waals surface area (Å²) in [6.07, 6.45) is 3.91. The van der Waals surface area contributed by atoms with Gasteiger partial charge in [-0.25, -0.2) is 4.90 Å². The molecule has 40 heavy (non-hydrogen) atoms. The van der Waals surface area contributed by atoms with Gasteiger partial charge in [0, 0.05) is 22.4 Å². The maximum atomic E-state index is 14.1. The molecule has 4 aliphatic rings. The number of ether oxygens (including phenoxy) is 1. The fraction of sp³-hybridized carbons (Fsp3) is 0.375. The fourth-order valence-corrected chi connectivity index (χ4v) is 7.85. The Bertz CT molecular complexity index is 1570. The molecule has 0 spiro atoms. The van der Waals surface area contributed by atoms with Crippen molar-refractivity contribution in [3.05, 3.63) is 75.8 Å². The van der Waals surface area contributed by atoms with Gasteiger partial charge in [-0.2, -0.15) is 0 Å². The number of imide groups is 1. The number of carbonyl (C=O) groups is 4. The smallest absolute Gasteiger partial charge is 0.238 e. The summed E-state index contributed by atoms with van der Waals surface area (Å²) in [4.78, 5) is 56.4. The number of allylic oxidation sites excluding steroid dienone is 4. The molecule has 0 bridgehead atoms. The number of halogens is 1. The molecule has 1 aliphatic heterocycles. The second-order valence-electron chi connectivity index (χ2n) is 11.6. The Morgan fingerprint density at radius 3 is 2.50 bits per heavy atom. The summed E-state index contributed by atoms with van der Waals surface area (Å²) in [5, 5.41) is 11.6. The molecule has 0 radical (unpaired) electrons. The average molecular weight is 560 g/mol. The van der Waals surface area contributed by atoms with Crippen LogP contribution in [0.4, 0.5) is 5.69 Å². The number of Topliss-reactive ketones (excluding diaryl/α,β-unsaturated/α-hetero) is 1. The number of aryl methyl sites for hydroxylation is 1. The van der Waals surface area contributed by atoms with Gasteiger partial charge in [0.05, 0.1) is 30.0 Å².